The van der Waals surface area contributed by atoms with Crippen LogP contribution >= 0.6 is 0 Å². The second kappa shape index (κ2) is 5.25. The molecule has 1 aliphatic heterocycles. The lowest BCUT2D eigenvalue weighted by Gasteiger charge is -2.28. The Morgan fingerprint density at radius 1 is 1.40 bits per heavy atom. The van der Waals surface area contributed by atoms with Crippen molar-refractivity contribution in [3.63, 3.8) is 0 Å². The molecule has 1 saturated carbocycles. The first-order chi connectivity index (χ1) is 9.67. The van der Waals surface area contributed by atoms with Crippen molar-refractivity contribution in [2.45, 2.75) is 37.8 Å². The first-order valence-electron chi connectivity index (χ1n) is 7.06. The Balaban J connectivity index is 1.80. The van der Waals surface area contributed by atoms with Crippen LogP contribution in [0.2, 0.25) is 0 Å². The number of carbonyl (C=O) groups is 1. The van der Waals surface area contributed by atoms with Gasteiger partial charge in [0.05, 0.1) is 0 Å². The molecule has 0 aromatic carbocycles. The van der Waals surface area contributed by atoms with Gasteiger partial charge in [-0.1, -0.05) is 12.8 Å². The molecular formula is C15H19N3O2. The summed E-state index contributed by atoms with van der Waals surface area (Å²) in [4.78, 5) is 15.0. The third-order valence-corrected chi connectivity index (χ3v) is 4.21. The van der Waals surface area contributed by atoms with Crippen LogP contribution in [0, 0.1) is 0 Å². The van der Waals surface area contributed by atoms with Gasteiger partial charge in [-0.15, -0.1) is 0 Å². The monoisotopic (exact) mass is 273 g/mol. The van der Waals surface area contributed by atoms with Gasteiger partial charge in [-0.05, 0) is 30.5 Å². The minimum atomic E-state index is -0.943. The number of aromatic nitrogens is 1. The van der Waals surface area contributed by atoms with Crippen molar-refractivity contribution in [3.05, 3.63) is 29.5 Å². The second-order valence-electron chi connectivity index (χ2n) is 5.64. The number of carboxylic acid groups (broad SMARTS) is 1. The highest BCUT2D eigenvalue weighted by Crippen LogP contribution is 2.32. The highest BCUT2D eigenvalue weighted by molar-refractivity contribution is 5.85. The van der Waals surface area contributed by atoms with E-state index in [-0.39, 0.29) is 5.54 Å². The zero-order chi connectivity index (χ0) is 14.0. The predicted octanol–water partition coefficient (Wildman–Crippen LogP) is 2.01. The number of carboxylic acids is 1. The van der Waals surface area contributed by atoms with Crippen LogP contribution in [0.5, 0.6) is 0 Å². The third-order valence-electron chi connectivity index (χ3n) is 4.21. The molecule has 0 radical (unpaired) electrons. The van der Waals surface area contributed by atoms with Crippen LogP contribution in [0.25, 0.3) is 6.08 Å². The number of rotatable bonds is 2. The molecule has 2 aliphatic rings. The van der Waals surface area contributed by atoms with Gasteiger partial charge in [0.2, 0.25) is 0 Å². The van der Waals surface area contributed by atoms with E-state index in [4.69, 9.17) is 5.11 Å². The molecule has 0 unspecified atom stereocenters. The fraction of sp³-hybridized carbons (Fsp3) is 0.467. The summed E-state index contributed by atoms with van der Waals surface area (Å²) >= 11 is 0. The summed E-state index contributed by atoms with van der Waals surface area (Å²) in [5.41, 5.74) is 2.12. The average Bonchev–Trinajstić information content (AvgIpc) is 2.82. The van der Waals surface area contributed by atoms with Crippen LogP contribution < -0.4 is 10.6 Å². The number of nitrogens with one attached hydrogen (secondary N) is 2. The van der Waals surface area contributed by atoms with Gasteiger partial charge in [0.25, 0.3) is 0 Å². The highest BCUT2D eigenvalue weighted by Gasteiger charge is 2.35. The largest absolute Gasteiger partial charge is 0.478 e. The summed E-state index contributed by atoms with van der Waals surface area (Å²) in [7, 11) is 0. The molecule has 2 heterocycles. The molecule has 1 spiro atoms. The van der Waals surface area contributed by atoms with E-state index in [0.29, 0.717) is 0 Å². The summed E-state index contributed by atoms with van der Waals surface area (Å²) < 4.78 is 0. The van der Waals surface area contributed by atoms with E-state index < -0.39 is 5.97 Å². The maximum Gasteiger partial charge on any atom is 0.328 e. The van der Waals surface area contributed by atoms with Gasteiger partial charge in [-0.2, -0.15) is 0 Å². The van der Waals surface area contributed by atoms with Crippen molar-refractivity contribution in [1.29, 1.82) is 0 Å². The maximum atomic E-state index is 10.6. The number of hydrogen-bond acceptors (Lipinski definition) is 4. The highest BCUT2D eigenvalue weighted by atomic mass is 16.4. The Morgan fingerprint density at radius 2 is 2.20 bits per heavy atom. The Labute approximate surface area is 118 Å². The maximum absolute atomic E-state index is 10.6. The van der Waals surface area contributed by atoms with E-state index in [1.165, 1.54) is 25.7 Å². The van der Waals surface area contributed by atoms with Gasteiger partial charge < -0.3 is 15.7 Å². The van der Waals surface area contributed by atoms with Gasteiger partial charge >= 0.3 is 5.97 Å². The lowest BCUT2D eigenvalue weighted by molar-refractivity contribution is -0.131. The third kappa shape index (κ3) is 2.67. The molecule has 1 aliphatic carbocycles. The van der Waals surface area contributed by atoms with Gasteiger partial charge in [0, 0.05) is 36.5 Å². The average molecular weight is 273 g/mol. The SMILES string of the molecule is O=C(O)/C=C/c1cnc2c(c1)CNC1(CCCC1)CN2. The van der Waals surface area contributed by atoms with E-state index in [2.05, 4.69) is 15.6 Å². The summed E-state index contributed by atoms with van der Waals surface area (Å²) in [6, 6.07) is 2.00. The summed E-state index contributed by atoms with van der Waals surface area (Å²) in [6.07, 6.45) is 9.40. The zero-order valence-electron chi connectivity index (χ0n) is 11.4. The molecule has 20 heavy (non-hydrogen) atoms. The fourth-order valence-electron chi connectivity index (χ4n) is 3.08. The van der Waals surface area contributed by atoms with E-state index in [1.807, 2.05) is 6.07 Å². The minimum Gasteiger partial charge on any atom is -0.478 e. The molecule has 1 fully saturated rings. The van der Waals surface area contributed by atoms with Crippen molar-refractivity contribution in [2.24, 2.45) is 0 Å². The Bertz CT molecular complexity index is 548. The van der Waals surface area contributed by atoms with E-state index in [0.717, 1.165) is 36.1 Å². The fourth-order valence-corrected chi connectivity index (χ4v) is 3.08. The molecular weight excluding hydrogens is 254 g/mol. The van der Waals surface area contributed by atoms with Gasteiger partial charge in [0.15, 0.2) is 0 Å². The molecule has 0 saturated heterocycles. The zero-order valence-corrected chi connectivity index (χ0v) is 11.4. The molecule has 0 bridgehead atoms. The first-order valence-corrected chi connectivity index (χ1v) is 7.06. The summed E-state index contributed by atoms with van der Waals surface area (Å²) in [5, 5.41) is 15.8. The normalized spacial score (nSPS) is 20.6. The number of fused-ring (bicyclic) bond motifs is 1. The lowest BCUT2D eigenvalue weighted by atomic mass is 9.98. The molecule has 3 rings (SSSR count). The second-order valence-corrected chi connectivity index (χ2v) is 5.64. The topological polar surface area (TPSA) is 74.2 Å². The number of pyridine rings is 1. The number of nitrogens with zero attached hydrogens (tertiary/aromatic N) is 1. The molecule has 0 amide bonds. The van der Waals surface area contributed by atoms with E-state index >= 15 is 0 Å². The summed E-state index contributed by atoms with van der Waals surface area (Å²) in [6.45, 7) is 1.70. The van der Waals surface area contributed by atoms with E-state index in [1.54, 1.807) is 12.3 Å². The van der Waals surface area contributed by atoms with Crippen LogP contribution in [0.1, 0.15) is 36.8 Å². The summed E-state index contributed by atoms with van der Waals surface area (Å²) in [5.74, 6) is -0.0325. The van der Waals surface area contributed by atoms with E-state index in [9.17, 15) is 4.79 Å². The van der Waals surface area contributed by atoms with Gasteiger partial charge in [0.1, 0.15) is 5.82 Å². The van der Waals surface area contributed by atoms with Crippen LogP contribution in [0.15, 0.2) is 18.3 Å². The Morgan fingerprint density at radius 3 is 2.95 bits per heavy atom. The van der Waals surface area contributed by atoms with Crippen LogP contribution in [-0.2, 0) is 11.3 Å². The van der Waals surface area contributed by atoms with Crippen molar-refractivity contribution >= 4 is 17.9 Å². The Hall–Kier alpha value is -1.88. The van der Waals surface area contributed by atoms with Crippen LogP contribution in [-0.4, -0.2) is 28.1 Å². The molecule has 3 N–H and O–H groups in total. The standard InChI is InChI=1S/C15H19N3O2/c19-13(20)4-3-11-7-12-9-18-15(5-1-2-6-15)10-17-14(12)16-8-11/h3-4,7-8,18H,1-2,5-6,9-10H2,(H,16,17)(H,19,20)/b4-3+. The lowest BCUT2D eigenvalue weighted by Crippen LogP contribution is -2.46. The first kappa shape index (κ1) is 13.1. The van der Waals surface area contributed by atoms with Gasteiger partial charge in [-0.3, -0.25) is 0 Å². The number of hydrogen-bond donors (Lipinski definition) is 3. The smallest absolute Gasteiger partial charge is 0.328 e. The number of anilines is 1. The molecule has 5 heteroatoms. The molecule has 106 valence electrons. The van der Waals surface area contributed by atoms with Crippen molar-refractivity contribution in [1.82, 2.24) is 10.3 Å². The number of aliphatic carboxylic acids is 1. The molecule has 5 nitrogen and oxygen atoms in total. The van der Waals surface area contributed by atoms with Gasteiger partial charge in [-0.25, -0.2) is 9.78 Å². The van der Waals surface area contributed by atoms with Crippen molar-refractivity contribution < 1.29 is 9.90 Å². The predicted molar refractivity (Wildman–Crippen MR) is 77.4 cm³/mol. The van der Waals surface area contributed by atoms with Crippen LogP contribution in [0.3, 0.4) is 0 Å². The van der Waals surface area contributed by atoms with Crippen molar-refractivity contribution in [2.75, 3.05) is 11.9 Å². The Kier molecular flexibility index (Phi) is 3.44. The molecule has 0 atom stereocenters. The van der Waals surface area contributed by atoms with Crippen molar-refractivity contribution in [3.8, 4) is 0 Å². The molecule has 1 aromatic heterocycles. The van der Waals surface area contributed by atoms with Crippen LogP contribution in [0.4, 0.5) is 5.82 Å². The molecule has 1 aromatic rings. The quantitative estimate of drug-likeness (QED) is 0.719. The minimum absolute atomic E-state index is 0.206.